The number of thiophene rings is 1. The van der Waals surface area contributed by atoms with E-state index in [1.54, 1.807) is 17.5 Å². The Labute approximate surface area is 172 Å². The number of ketones is 1. The van der Waals surface area contributed by atoms with Crippen molar-refractivity contribution in [2.45, 2.75) is 31.8 Å². The number of esters is 2. The highest BCUT2D eigenvalue weighted by Gasteiger charge is 2.35. The standard InChI is InChI=1S/C21H21NO6S/c1-27-21(26)16-11-14-5-2-3-6-15(14)12-22(16)19(24)13-28-20(25)9-8-17(23)18-7-4-10-29-18/h2-7,10,16H,8-9,11-13H2,1H3/t16-/m1/s1. The number of benzene rings is 1. The summed E-state index contributed by atoms with van der Waals surface area (Å²) in [6.45, 7) is -0.245. The van der Waals surface area contributed by atoms with Crippen LogP contribution in [0.15, 0.2) is 41.8 Å². The molecule has 2 heterocycles. The fourth-order valence-electron chi connectivity index (χ4n) is 3.21. The van der Waals surface area contributed by atoms with Gasteiger partial charge < -0.3 is 14.4 Å². The lowest BCUT2D eigenvalue weighted by molar-refractivity contribution is -0.159. The molecule has 0 radical (unpaired) electrons. The number of nitrogens with zero attached hydrogens (tertiary/aromatic N) is 1. The summed E-state index contributed by atoms with van der Waals surface area (Å²) in [6, 6.07) is 10.3. The van der Waals surface area contributed by atoms with Crippen molar-refractivity contribution in [3.63, 3.8) is 0 Å². The fourth-order valence-corrected chi connectivity index (χ4v) is 3.90. The monoisotopic (exact) mass is 415 g/mol. The molecule has 2 aromatic rings. The van der Waals surface area contributed by atoms with Crippen LogP contribution < -0.4 is 0 Å². The van der Waals surface area contributed by atoms with Crippen LogP contribution in [0.5, 0.6) is 0 Å². The minimum atomic E-state index is -0.762. The van der Waals surface area contributed by atoms with Crippen LogP contribution >= 0.6 is 11.3 Å². The van der Waals surface area contributed by atoms with E-state index in [-0.39, 0.29) is 25.2 Å². The normalized spacial score (nSPS) is 15.3. The molecule has 0 fully saturated rings. The third kappa shape index (κ3) is 5.08. The van der Waals surface area contributed by atoms with Crippen LogP contribution in [0.25, 0.3) is 0 Å². The van der Waals surface area contributed by atoms with Gasteiger partial charge in [-0.2, -0.15) is 0 Å². The van der Waals surface area contributed by atoms with Crippen molar-refractivity contribution in [1.29, 1.82) is 0 Å². The Kier molecular flexibility index (Phi) is 6.77. The molecule has 0 saturated carbocycles. The summed E-state index contributed by atoms with van der Waals surface area (Å²) in [4.78, 5) is 50.6. The van der Waals surface area contributed by atoms with Crippen molar-refractivity contribution in [1.82, 2.24) is 4.90 Å². The van der Waals surface area contributed by atoms with E-state index in [1.807, 2.05) is 24.3 Å². The molecule has 0 aliphatic carbocycles. The number of fused-ring (bicyclic) bond motifs is 1. The first-order valence-electron chi connectivity index (χ1n) is 9.16. The molecule has 8 heteroatoms. The summed E-state index contributed by atoms with van der Waals surface area (Å²) in [5.74, 6) is -1.76. The second-order valence-electron chi connectivity index (χ2n) is 6.59. The highest BCUT2D eigenvalue weighted by molar-refractivity contribution is 7.12. The largest absolute Gasteiger partial charge is 0.467 e. The average molecular weight is 415 g/mol. The Bertz CT molecular complexity index is 908. The highest BCUT2D eigenvalue weighted by atomic mass is 32.1. The Morgan fingerprint density at radius 2 is 1.83 bits per heavy atom. The van der Waals surface area contributed by atoms with Gasteiger partial charge in [0, 0.05) is 19.4 Å². The number of carbonyl (C=O) groups excluding carboxylic acids is 4. The van der Waals surface area contributed by atoms with Gasteiger partial charge in [-0.1, -0.05) is 30.3 Å². The number of amides is 1. The Balaban J connectivity index is 1.56. The molecule has 0 unspecified atom stereocenters. The molecule has 29 heavy (non-hydrogen) atoms. The van der Waals surface area contributed by atoms with Crippen molar-refractivity contribution in [3.05, 3.63) is 57.8 Å². The third-order valence-electron chi connectivity index (χ3n) is 4.75. The smallest absolute Gasteiger partial charge is 0.328 e. The Morgan fingerprint density at radius 3 is 2.52 bits per heavy atom. The van der Waals surface area contributed by atoms with E-state index in [1.165, 1.54) is 23.3 Å². The molecule has 1 amide bonds. The summed E-state index contributed by atoms with van der Waals surface area (Å²) in [5, 5.41) is 1.79. The van der Waals surface area contributed by atoms with Gasteiger partial charge in [0.15, 0.2) is 12.4 Å². The minimum Gasteiger partial charge on any atom is -0.467 e. The quantitative estimate of drug-likeness (QED) is 0.510. The minimum absolute atomic E-state index is 0.0232. The second-order valence-corrected chi connectivity index (χ2v) is 7.54. The van der Waals surface area contributed by atoms with Gasteiger partial charge in [-0.25, -0.2) is 4.79 Å². The first kappa shape index (κ1) is 20.7. The molecule has 3 rings (SSSR count). The zero-order chi connectivity index (χ0) is 20.8. The maximum absolute atomic E-state index is 12.6. The molecule has 7 nitrogen and oxygen atoms in total. The van der Waals surface area contributed by atoms with Gasteiger partial charge in [0.05, 0.1) is 18.4 Å². The first-order chi connectivity index (χ1) is 14.0. The summed E-state index contributed by atoms with van der Waals surface area (Å²) in [5.41, 5.74) is 1.92. The predicted molar refractivity (Wildman–Crippen MR) is 105 cm³/mol. The van der Waals surface area contributed by atoms with E-state index in [0.717, 1.165) is 11.1 Å². The number of Topliss-reactive ketones (excluding diaryl/α,β-unsaturated/α-hetero) is 1. The van der Waals surface area contributed by atoms with Gasteiger partial charge in [0.25, 0.3) is 5.91 Å². The molecular formula is C21H21NO6S. The van der Waals surface area contributed by atoms with Crippen LogP contribution in [0.4, 0.5) is 0 Å². The van der Waals surface area contributed by atoms with Crippen LogP contribution in [0, 0.1) is 0 Å². The molecule has 0 bridgehead atoms. The lowest BCUT2D eigenvalue weighted by atomic mass is 9.94. The van der Waals surface area contributed by atoms with Gasteiger partial charge in [0.2, 0.25) is 0 Å². The van der Waals surface area contributed by atoms with E-state index in [9.17, 15) is 19.2 Å². The van der Waals surface area contributed by atoms with Crippen molar-refractivity contribution in [2.24, 2.45) is 0 Å². The number of hydrogen-bond acceptors (Lipinski definition) is 7. The van der Waals surface area contributed by atoms with Crippen molar-refractivity contribution in [3.8, 4) is 0 Å². The van der Waals surface area contributed by atoms with Crippen molar-refractivity contribution < 1.29 is 28.7 Å². The molecule has 152 valence electrons. The molecule has 0 saturated heterocycles. The molecular weight excluding hydrogens is 394 g/mol. The van der Waals surface area contributed by atoms with E-state index in [0.29, 0.717) is 11.3 Å². The molecule has 1 aliphatic heterocycles. The number of carbonyl (C=O) groups is 4. The Hall–Kier alpha value is -3.00. The second kappa shape index (κ2) is 9.47. The van der Waals surface area contributed by atoms with Gasteiger partial charge >= 0.3 is 11.9 Å². The molecule has 1 aliphatic rings. The zero-order valence-electron chi connectivity index (χ0n) is 16.0. The molecule has 0 N–H and O–H groups in total. The topological polar surface area (TPSA) is 90.0 Å². The SMILES string of the molecule is COC(=O)[C@H]1Cc2ccccc2CN1C(=O)COC(=O)CCC(=O)c1cccs1. The maximum atomic E-state index is 12.6. The van der Waals surface area contributed by atoms with Crippen molar-refractivity contribution in [2.75, 3.05) is 13.7 Å². The van der Waals surface area contributed by atoms with Gasteiger partial charge in [-0.15, -0.1) is 11.3 Å². The number of hydrogen-bond donors (Lipinski definition) is 0. The highest BCUT2D eigenvalue weighted by Crippen LogP contribution is 2.24. The fraction of sp³-hybridized carbons (Fsp3) is 0.333. The van der Waals surface area contributed by atoms with Crippen LogP contribution in [-0.4, -0.2) is 48.3 Å². The molecule has 1 aromatic heterocycles. The van der Waals surface area contributed by atoms with Crippen molar-refractivity contribution >= 4 is 35.0 Å². The predicted octanol–water partition coefficient (Wildman–Crippen LogP) is 2.38. The summed E-state index contributed by atoms with van der Waals surface area (Å²) in [6.07, 6.45) is 0.264. The Morgan fingerprint density at radius 1 is 1.07 bits per heavy atom. The number of ether oxygens (including phenoxy) is 2. The first-order valence-corrected chi connectivity index (χ1v) is 10.0. The maximum Gasteiger partial charge on any atom is 0.328 e. The van der Waals surface area contributed by atoms with E-state index in [2.05, 4.69) is 0 Å². The van der Waals surface area contributed by atoms with Crippen LogP contribution in [0.3, 0.4) is 0 Å². The summed E-state index contributed by atoms with van der Waals surface area (Å²) < 4.78 is 9.88. The van der Waals surface area contributed by atoms with Gasteiger partial charge in [-0.05, 0) is 22.6 Å². The third-order valence-corrected chi connectivity index (χ3v) is 5.66. The van der Waals surface area contributed by atoms with Gasteiger partial charge in [-0.3, -0.25) is 14.4 Å². The van der Waals surface area contributed by atoms with Crippen LogP contribution in [-0.2, 0) is 36.8 Å². The van der Waals surface area contributed by atoms with E-state index in [4.69, 9.17) is 9.47 Å². The van der Waals surface area contributed by atoms with E-state index >= 15 is 0 Å². The number of methoxy groups -OCH3 is 1. The number of rotatable bonds is 7. The lowest BCUT2D eigenvalue weighted by Gasteiger charge is -2.35. The molecule has 1 aromatic carbocycles. The molecule has 1 atom stereocenters. The lowest BCUT2D eigenvalue weighted by Crippen LogP contribution is -2.50. The molecule has 0 spiro atoms. The van der Waals surface area contributed by atoms with Crippen LogP contribution in [0.2, 0.25) is 0 Å². The van der Waals surface area contributed by atoms with E-state index < -0.39 is 30.5 Å². The van der Waals surface area contributed by atoms with Crippen LogP contribution in [0.1, 0.15) is 33.6 Å². The average Bonchev–Trinajstić information content (AvgIpc) is 3.29. The summed E-state index contributed by atoms with van der Waals surface area (Å²) >= 11 is 1.31. The summed E-state index contributed by atoms with van der Waals surface area (Å²) in [7, 11) is 1.27. The zero-order valence-corrected chi connectivity index (χ0v) is 16.8. The van der Waals surface area contributed by atoms with Gasteiger partial charge in [0.1, 0.15) is 6.04 Å².